The van der Waals surface area contributed by atoms with Gasteiger partial charge in [-0.3, -0.25) is 14.4 Å². The summed E-state index contributed by atoms with van der Waals surface area (Å²) in [4.78, 5) is 39.4. The van der Waals surface area contributed by atoms with Gasteiger partial charge in [0.05, 0.1) is 30.8 Å². The topological polar surface area (TPSA) is 178 Å². The lowest BCUT2D eigenvalue weighted by molar-refractivity contribution is -0.143. The van der Waals surface area contributed by atoms with E-state index >= 15 is 0 Å². The molecule has 0 spiro atoms. The molecule has 4 N–H and O–H groups in total. The molecule has 0 radical (unpaired) electrons. The molecule has 1 aliphatic rings. The highest BCUT2D eigenvalue weighted by Gasteiger charge is 2.29. The van der Waals surface area contributed by atoms with Crippen molar-refractivity contribution in [2.24, 2.45) is 10.9 Å². The monoisotopic (exact) mass is 478 g/mol. The van der Waals surface area contributed by atoms with Crippen LogP contribution >= 0.6 is 0 Å². The highest BCUT2D eigenvalue weighted by atomic mass is 16.5. The number of anilines is 1. The van der Waals surface area contributed by atoms with Crippen molar-refractivity contribution in [2.45, 2.75) is 19.9 Å². The van der Waals surface area contributed by atoms with Gasteiger partial charge < -0.3 is 25.9 Å². The van der Waals surface area contributed by atoms with Crippen molar-refractivity contribution in [1.29, 1.82) is 0 Å². The molecule has 0 atom stereocenters. The molecule has 1 aliphatic heterocycles. The number of amides is 2. The maximum atomic E-state index is 13.3. The summed E-state index contributed by atoms with van der Waals surface area (Å²) in [6.07, 6.45) is 0.0222. The average molecular weight is 478 g/mol. The van der Waals surface area contributed by atoms with E-state index in [9.17, 15) is 14.4 Å². The van der Waals surface area contributed by atoms with Gasteiger partial charge in [0, 0.05) is 23.4 Å². The van der Waals surface area contributed by atoms with Gasteiger partial charge >= 0.3 is 5.97 Å². The van der Waals surface area contributed by atoms with Gasteiger partial charge in [0.1, 0.15) is 0 Å². The molecule has 0 aliphatic carbocycles. The quantitative estimate of drug-likeness (QED) is 0.146. The first-order valence-electron chi connectivity index (χ1n) is 10.7. The number of amidine groups is 1. The third kappa shape index (κ3) is 4.93. The Balaban J connectivity index is 1.58. The number of ether oxygens (including phenoxy) is 1. The maximum absolute atomic E-state index is 13.3. The maximum Gasteiger partial charge on any atom is 0.307 e. The Morgan fingerprint density at radius 3 is 2.66 bits per heavy atom. The molecule has 35 heavy (non-hydrogen) atoms. The molecular weight excluding hydrogens is 456 g/mol. The van der Waals surface area contributed by atoms with Gasteiger partial charge in [0.2, 0.25) is 0 Å². The Morgan fingerprint density at radius 2 is 1.94 bits per heavy atom. The van der Waals surface area contributed by atoms with E-state index in [0.717, 1.165) is 0 Å². The molecular formula is C22H22N8O5. The molecule has 0 bridgehead atoms. The van der Waals surface area contributed by atoms with Crippen LogP contribution in [0.4, 0.5) is 5.69 Å². The molecule has 0 fully saturated rings. The minimum atomic E-state index is -0.417. The molecule has 3 aromatic rings. The van der Waals surface area contributed by atoms with Gasteiger partial charge in [-0.15, -0.1) is 5.10 Å². The zero-order chi connectivity index (χ0) is 24.9. The van der Waals surface area contributed by atoms with Crippen molar-refractivity contribution in [3.05, 3.63) is 65.0 Å². The average Bonchev–Trinajstić information content (AvgIpc) is 3.30. The van der Waals surface area contributed by atoms with E-state index in [1.54, 1.807) is 31.2 Å². The molecule has 2 aromatic carbocycles. The SMILES string of the molecule is CCOC(=O)CCN1Cc2nnnn2-c2ccc(NC(=O)c3ccc(/C(N)=N/O)cc3)cc2C1=O. The number of nitrogens with two attached hydrogens (primary N) is 1. The molecule has 1 aromatic heterocycles. The number of fused-ring (bicyclic) bond motifs is 3. The lowest BCUT2D eigenvalue weighted by Crippen LogP contribution is -2.32. The Labute approximate surface area is 199 Å². The highest BCUT2D eigenvalue weighted by Crippen LogP contribution is 2.26. The Bertz CT molecular complexity index is 1300. The first-order valence-corrected chi connectivity index (χ1v) is 10.7. The van der Waals surface area contributed by atoms with Crippen LogP contribution in [-0.4, -0.2) is 67.1 Å². The number of tetrazole rings is 1. The third-order valence-corrected chi connectivity index (χ3v) is 5.31. The van der Waals surface area contributed by atoms with Crippen LogP contribution in [0, 0.1) is 0 Å². The van der Waals surface area contributed by atoms with Crippen LogP contribution in [-0.2, 0) is 16.1 Å². The van der Waals surface area contributed by atoms with E-state index in [1.165, 1.54) is 27.8 Å². The fourth-order valence-electron chi connectivity index (χ4n) is 3.57. The molecule has 13 heteroatoms. The first-order chi connectivity index (χ1) is 16.9. The van der Waals surface area contributed by atoms with Crippen LogP contribution in [0.25, 0.3) is 5.69 Å². The van der Waals surface area contributed by atoms with Crippen LogP contribution in [0.15, 0.2) is 47.6 Å². The Hall–Kier alpha value is -4.81. The fraction of sp³-hybridized carbons (Fsp3) is 0.227. The molecule has 4 rings (SSSR count). The van der Waals surface area contributed by atoms with Crippen LogP contribution in [0.1, 0.15) is 45.4 Å². The number of carbonyl (C=O) groups is 3. The van der Waals surface area contributed by atoms with Crippen molar-refractivity contribution in [2.75, 3.05) is 18.5 Å². The van der Waals surface area contributed by atoms with Crippen LogP contribution in [0.5, 0.6) is 0 Å². The van der Waals surface area contributed by atoms with Crippen molar-refractivity contribution < 1.29 is 24.3 Å². The lowest BCUT2D eigenvalue weighted by Gasteiger charge is -2.20. The van der Waals surface area contributed by atoms with E-state index < -0.39 is 11.9 Å². The summed E-state index contributed by atoms with van der Waals surface area (Å²) in [5, 5.41) is 26.1. The highest BCUT2D eigenvalue weighted by molar-refractivity contribution is 6.06. The zero-order valence-electron chi connectivity index (χ0n) is 18.7. The summed E-state index contributed by atoms with van der Waals surface area (Å²) >= 11 is 0. The number of nitrogens with zero attached hydrogens (tertiary/aromatic N) is 6. The van der Waals surface area contributed by atoms with Crippen molar-refractivity contribution >= 4 is 29.3 Å². The second-order valence-electron chi connectivity index (χ2n) is 7.54. The number of carbonyl (C=O) groups excluding carboxylic acids is 3. The minimum absolute atomic E-state index is 0.0222. The standard InChI is InChI=1S/C22H22N8O5/c1-2-35-19(31)9-10-29-12-18-25-27-28-30(18)17-8-7-15(11-16(17)22(29)33)24-21(32)14-5-3-13(4-6-14)20(23)26-34/h3-8,11,34H,2,9-10,12H2,1H3,(H2,23,26)(H,24,32). The lowest BCUT2D eigenvalue weighted by atomic mass is 10.1. The number of rotatable bonds is 7. The number of aromatic nitrogens is 4. The van der Waals surface area contributed by atoms with Crippen LogP contribution < -0.4 is 11.1 Å². The summed E-state index contributed by atoms with van der Waals surface area (Å²) in [7, 11) is 0. The molecule has 0 unspecified atom stereocenters. The first kappa shape index (κ1) is 23.4. The van der Waals surface area contributed by atoms with Gasteiger partial charge in [-0.2, -0.15) is 4.68 Å². The second kappa shape index (κ2) is 9.99. The number of hydrogen-bond acceptors (Lipinski definition) is 9. The summed E-state index contributed by atoms with van der Waals surface area (Å²) in [6, 6.07) is 11.0. The molecule has 13 nitrogen and oxygen atoms in total. The van der Waals surface area contributed by atoms with Gasteiger partial charge in [-0.1, -0.05) is 17.3 Å². The molecule has 2 amide bonds. The number of hydrogen-bond donors (Lipinski definition) is 3. The molecule has 2 heterocycles. The van der Waals surface area contributed by atoms with E-state index in [2.05, 4.69) is 26.0 Å². The van der Waals surface area contributed by atoms with Crippen molar-refractivity contribution in [1.82, 2.24) is 25.1 Å². The summed E-state index contributed by atoms with van der Waals surface area (Å²) in [5.41, 5.74) is 7.43. The van der Waals surface area contributed by atoms with Crippen molar-refractivity contribution in [3.63, 3.8) is 0 Å². The summed E-state index contributed by atoms with van der Waals surface area (Å²) in [6.45, 7) is 2.19. The summed E-state index contributed by atoms with van der Waals surface area (Å²) in [5.74, 6) is -0.821. The number of nitrogens with one attached hydrogen (secondary N) is 1. The largest absolute Gasteiger partial charge is 0.466 e. The van der Waals surface area contributed by atoms with Crippen LogP contribution in [0.2, 0.25) is 0 Å². The van der Waals surface area contributed by atoms with Crippen molar-refractivity contribution in [3.8, 4) is 5.69 Å². The Morgan fingerprint density at radius 1 is 1.20 bits per heavy atom. The number of oxime groups is 1. The molecule has 180 valence electrons. The third-order valence-electron chi connectivity index (χ3n) is 5.31. The molecule has 0 saturated heterocycles. The smallest absolute Gasteiger partial charge is 0.307 e. The number of benzene rings is 2. The normalized spacial score (nSPS) is 13.0. The van der Waals surface area contributed by atoms with Gasteiger partial charge in [-0.05, 0) is 47.7 Å². The van der Waals surface area contributed by atoms with E-state index in [-0.39, 0.29) is 43.4 Å². The van der Waals surface area contributed by atoms with E-state index in [4.69, 9.17) is 15.7 Å². The zero-order valence-corrected chi connectivity index (χ0v) is 18.7. The van der Waals surface area contributed by atoms with Gasteiger partial charge in [0.25, 0.3) is 11.8 Å². The fourth-order valence-corrected chi connectivity index (χ4v) is 3.57. The van der Waals surface area contributed by atoms with Gasteiger partial charge in [-0.25, -0.2) is 0 Å². The Kier molecular flexibility index (Phi) is 6.66. The van der Waals surface area contributed by atoms with Gasteiger partial charge in [0.15, 0.2) is 11.7 Å². The number of esters is 1. The summed E-state index contributed by atoms with van der Waals surface area (Å²) < 4.78 is 6.41. The molecule has 0 saturated carbocycles. The minimum Gasteiger partial charge on any atom is -0.466 e. The predicted octanol–water partition coefficient (Wildman–Crippen LogP) is 0.918. The predicted molar refractivity (Wildman–Crippen MR) is 122 cm³/mol. The van der Waals surface area contributed by atoms with E-state index in [0.29, 0.717) is 28.3 Å². The second-order valence-corrected chi connectivity index (χ2v) is 7.54. The van der Waals surface area contributed by atoms with Crippen LogP contribution in [0.3, 0.4) is 0 Å². The van der Waals surface area contributed by atoms with E-state index in [1.807, 2.05) is 0 Å².